The predicted molar refractivity (Wildman–Crippen MR) is 266 cm³/mol. The van der Waals surface area contributed by atoms with Crippen molar-refractivity contribution in [2.75, 3.05) is 0 Å². The van der Waals surface area contributed by atoms with Gasteiger partial charge in [0, 0.05) is 42.6 Å². The number of rotatable bonds is 8. The Kier molecular flexibility index (Phi) is 10.8. The summed E-state index contributed by atoms with van der Waals surface area (Å²) in [6.45, 7) is 6.18. The summed E-state index contributed by atoms with van der Waals surface area (Å²) in [7, 11) is 0. The molecular formula is C60H48N3OPt-. The number of pyridine rings is 1. The second kappa shape index (κ2) is 17.8. The molecule has 0 saturated carbocycles. The number of hydrogen-bond acceptors (Lipinski definition) is 3. The minimum absolute atomic E-state index is 0. The normalized spacial score (nSPS) is 12.3. The van der Waals surface area contributed by atoms with Crippen LogP contribution in [0, 0.1) is 19.8 Å². The number of aromatic hydroxyl groups is 1. The van der Waals surface area contributed by atoms with Gasteiger partial charge in [-0.2, -0.15) is 0 Å². The van der Waals surface area contributed by atoms with Crippen LogP contribution in [0.3, 0.4) is 0 Å². The van der Waals surface area contributed by atoms with Gasteiger partial charge in [-0.1, -0.05) is 183 Å². The number of aromatic nitrogens is 3. The standard InChI is InChI=1S/C60H48N3O.Pt/c1-39-23-25-42(26-24-39)45-31-32-61-54(37-45)48-35-46(41-15-8-6-9-16-41)34-47(36-48)50-20-14-21-55-58(50)62-59(51-19-12-13-22-57(51)64)63(55)56-33-40(2)52(43-17-10-7-11-18-43)38-53(56)44-27-29-49(30-28-44)60(3,4)5;/h6-35,37-38,64H,1-5H3;/q-1;/i2D3;. The molecule has 0 aliphatic rings. The molecule has 8 aromatic carbocycles. The average molecular weight is 1030 g/mol. The van der Waals surface area contributed by atoms with Gasteiger partial charge in [0.1, 0.15) is 11.6 Å². The van der Waals surface area contributed by atoms with Crippen LogP contribution in [0.2, 0.25) is 0 Å². The Morgan fingerprint density at radius 2 is 1.18 bits per heavy atom. The zero-order valence-electron chi connectivity index (χ0n) is 39.6. The number of para-hydroxylation sites is 2. The minimum atomic E-state index is -2.47. The van der Waals surface area contributed by atoms with Gasteiger partial charge in [-0.25, -0.2) is 4.98 Å². The summed E-state index contributed by atoms with van der Waals surface area (Å²) >= 11 is 0. The maximum atomic E-state index is 11.6. The van der Waals surface area contributed by atoms with Crippen LogP contribution in [0.4, 0.5) is 0 Å². The van der Waals surface area contributed by atoms with E-state index in [-0.39, 0.29) is 37.8 Å². The molecule has 10 aromatic rings. The van der Waals surface area contributed by atoms with Gasteiger partial charge in [0.25, 0.3) is 0 Å². The topological polar surface area (TPSA) is 50.9 Å². The number of nitrogens with zero attached hydrogens (tertiary/aromatic N) is 3. The van der Waals surface area contributed by atoms with Crippen molar-refractivity contribution in [3.63, 3.8) is 0 Å². The van der Waals surface area contributed by atoms with Gasteiger partial charge in [0.05, 0.1) is 22.3 Å². The van der Waals surface area contributed by atoms with Crippen molar-refractivity contribution >= 4 is 11.0 Å². The van der Waals surface area contributed by atoms with E-state index in [0.29, 0.717) is 28.2 Å². The first kappa shape index (κ1) is 39.5. The Hall–Kier alpha value is -7.13. The van der Waals surface area contributed by atoms with Crippen molar-refractivity contribution in [1.82, 2.24) is 14.5 Å². The Balaban J connectivity index is 0.00000578. The Morgan fingerprint density at radius 1 is 0.554 bits per heavy atom. The molecular weight excluding hydrogens is 974 g/mol. The fourth-order valence-electron chi connectivity index (χ4n) is 8.57. The summed E-state index contributed by atoms with van der Waals surface area (Å²) in [6, 6.07) is 66.2. The monoisotopic (exact) mass is 1020 g/mol. The molecule has 2 aromatic heterocycles. The summed E-state index contributed by atoms with van der Waals surface area (Å²) in [6.07, 6.45) is 1.85. The van der Waals surface area contributed by atoms with Crippen LogP contribution >= 0.6 is 0 Å². The van der Waals surface area contributed by atoms with Crippen molar-refractivity contribution in [2.24, 2.45) is 0 Å². The Morgan fingerprint density at radius 3 is 1.89 bits per heavy atom. The van der Waals surface area contributed by atoms with E-state index in [2.05, 4.69) is 113 Å². The first-order chi connectivity index (χ1) is 32.3. The molecule has 0 atom stereocenters. The Bertz CT molecular complexity index is 3430. The van der Waals surface area contributed by atoms with Crippen LogP contribution in [0.5, 0.6) is 5.75 Å². The molecule has 0 fully saturated rings. The van der Waals surface area contributed by atoms with Crippen molar-refractivity contribution in [3.8, 4) is 89.7 Å². The second-order valence-electron chi connectivity index (χ2n) is 17.4. The number of imidazole rings is 1. The first-order valence-electron chi connectivity index (χ1n) is 23.1. The molecule has 0 spiro atoms. The van der Waals surface area contributed by atoms with Crippen LogP contribution in [0.15, 0.2) is 194 Å². The largest absolute Gasteiger partial charge is 0.507 e. The zero-order valence-corrected chi connectivity index (χ0v) is 38.9. The first-order valence-corrected chi connectivity index (χ1v) is 21.6. The van der Waals surface area contributed by atoms with Gasteiger partial charge in [-0.3, -0.25) is 9.55 Å². The van der Waals surface area contributed by atoms with Crippen LogP contribution in [-0.4, -0.2) is 19.6 Å². The number of phenols is 1. The van der Waals surface area contributed by atoms with E-state index in [9.17, 15) is 5.11 Å². The molecule has 65 heavy (non-hydrogen) atoms. The number of aryl methyl sites for hydroxylation is 2. The van der Waals surface area contributed by atoms with Gasteiger partial charge < -0.3 is 5.11 Å². The van der Waals surface area contributed by atoms with Crippen LogP contribution in [0.1, 0.15) is 41.6 Å². The fraction of sp³-hybridized carbons (Fsp3) is 0.100. The third-order valence-corrected chi connectivity index (χ3v) is 12.0. The summed E-state index contributed by atoms with van der Waals surface area (Å²) in [5.41, 5.74) is 15.6. The molecule has 0 bridgehead atoms. The van der Waals surface area contributed by atoms with Gasteiger partial charge in [0.2, 0.25) is 0 Å². The van der Waals surface area contributed by atoms with E-state index in [0.717, 1.165) is 66.8 Å². The second-order valence-corrected chi connectivity index (χ2v) is 17.4. The molecule has 4 nitrogen and oxygen atoms in total. The molecule has 0 aliphatic heterocycles. The van der Waals surface area contributed by atoms with Gasteiger partial charge in [-0.15, -0.1) is 23.8 Å². The van der Waals surface area contributed by atoms with Crippen molar-refractivity contribution in [3.05, 3.63) is 217 Å². The summed E-state index contributed by atoms with van der Waals surface area (Å²) in [5.74, 6) is 0.511. The van der Waals surface area contributed by atoms with E-state index < -0.39 is 6.85 Å². The molecule has 0 radical (unpaired) electrons. The van der Waals surface area contributed by atoms with E-state index in [1.54, 1.807) is 18.2 Å². The summed E-state index contributed by atoms with van der Waals surface area (Å²) in [5, 5.41) is 11.6. The van der Waals surface area contributed by atoms with Crippen molar-refractivity contribution in [1.29, 1.82) is 0 Å². The van der Waals surface area contributed by atoms with Gasteiger partial charge in [0.15, 0.2) is 0 Å². The van der Waals surface area contributed by atoms with E-state index in [4.69, 9.17) is 14.1 Å². The number of fused-ring (bicyclic) bond motifs is 1. The maximum Gasteiger partial charge on any atom is 0.148 e. The quantitative estimate of drug-likeness (QED) is 0.154. The average Bonchev–Trinajstić information content (AvgIpc) is 3.73. The molecule has 320 valence electrons. The van der Waals surface area contributed by atoms with Crippen molar-refractivity contribution in [2.45, 2.75) is 40.0 Å². The van der Waals surface area contributed by atoms with E-state index >= 15 is 0 Å². The van der Waals surface area contributed by atoms with Gasteiger partial charge >= 0.3 is 0 Å². The smallest absolute Gasteiger partial charge is 0.148 e. The maximum absolute atomic E-state index is 11.6. The van der Waals surface area contributed by atoms with E-state index in [1.807, 2.05) is 102 Å². The molecule has 5 heteroatoms. The predicted octanol–water partition coefficient (Wildman–Crippen LogP) is 15.5. The third kappa shape index (κ3) is 8.51. The molecule has 0 unspecified atom stereocenters. The molecule has 0 aliphatic carbocycles. The zero-order chi connectivity index (χ0) is 46.5. The number of phenolic OH excluding ortho intramolecular Hbond substituents is 1. The van der Waals surface area contributed by atoms with Crippen LogP contribution < -0.4 is 0 Å². The molecule has 2 heterocycles. The molecule has 0 saturated heterocycles. The summed E-state index contributed by atoms with van der Waals surface area (Å²) < 4.78 is 28.8. The molecule has 10 rings (SSSR count). The van der Waals surface area contributed by atoms with Gasteiger partial charge in [-0.05, 0) is 100 Å². The van der Waals surface area contributed by atoms with Crippen LogP contribution in [0.25, 0.3) is 95.0 Å². The number of hydrogen-bond donors (Lipinski definition) is 1. The molecule has 1 N–H and O–H groups in total. The number of benzene rings is 8. The SMILES string of the molecule is [2H]C([2H])([2H])c1cc(-n2c(-c3ccccc3O)nc3c(-c4[c-]c(-c5cc(-c6ccc(C)cc6)ccn5)cc(-c5ccccc5)c4)cccc32)c(-c2ccc(C(C)(C)C)cc2)cc1-c1ccccc1.[Pt]. The third-order valence-electron chi connectivity index (χ3n) is 12.0. The minimum Gasteiger partial charge on any atom is -0.507 e. The summed E-state index contributed by atoms with van der Waals surface area (Å²) in [4.78, 5) is 10.3. The Labute approximate surface area is 400 Å². The van der Waals surface area contributed by atoms with Crippen LogP contribution in [-0.2, 0) is 26.5 Å². The molecule has 0 amide bonds. The van der Waals surface area contributed by atoms with Crippen molar-refractivity contribution < 1.29 is 30.3 Å². The fourth-order valence-corrected chi connectivity index (χ4v) is 8.57. The van der Waals surface area contributed by atoms with E-state index in [1.165, 1.54) is 11.1 Å².